The highest BCUT2D eigenvalue weighted by Gasteiger charge is 2.22. The van der Waals surface area contributed by atoms with Crippen LogP contribution in [0.4, 0.5) is 4.79 Å². The quantitative estimate of drug-likeness (QED) is 0.743. The van der Waals surface area contributed by atoms with E-state index >= 15 is 0 Å². The number of benzene rings is 1. The Hall–Kier alpha value is -0.930. The number of carbonyl (C=O) groups excluding carboxylic acids is 1. The molecule has 5 heteroatoms. The summed E-state index contributed by atoms with van der Waals surface area (Å²) in [5.74, 6) is 0.192. The van der Waals surface area contributed by atoms with Gasteiger partial charge in [0.05, 0.1) is 10.0 Å². The Labute approximate surface area is 137 Å². The molecular formula is C16H23Cl2NO2. The van der Waals surface area contributed by atoms with Crippen molar-refractivity contribution in [3.63, 3.8) is 0 Å². The molecule has 0 bridgehead atoms. The van der Waals surface area contributed by atoms with Crippen LogP contribution in [-0.4, -0.2) is 30.2 Å². The van der Waals surface area contributed by atoms with Crippen molar-refractivity contribution < 1.29 is 9.53 Å². The van der Waals surface area contributed by atoms with Crippen molar-refractivity contribution >= 4 is 29.3 Å². The first-order valence-corrected chi connectivity index (χ1v) is 7.78. The van der Waals surface area contributed by atoms with E-state index in [1.54, 1.807) is 18.0 Å². The molecule has 3 nitrogen and oxygen atoms in total. The van der Waals surface area contributed by atoms with Crippen LogP contribution in [0.1, 0.15) is 45.6 Å². The van der Waals surface area contributed by atoms with Gasteiger partial charge in [-0.3, -0.25) is 0 Å². The van der Waals surface area contributed by atoms with Gasteiger partial charge in [0.25, 0.3) is 0 Å². The Morgan fingerprint density at radius 2 is 1.90 bits per heavy atom. The van der Waals surface area contributed by atoms with Crippen LogP contribution < -0.4 is 0 Å². The minimum absolute atomic E-state index is 0.192. The largest absolute Gasteiger partial charge is 0.444 e. The second-order valence-corrected chi connectivity index (χ2v) is 6.95. The van der Waals surface area contributed by atoms with E-state index < -0.39 is 5.60 Å². The third-order valence-corrected chi connectivity index (χ3v) is 3.85. The van der Waals surface area contributed by atoms with Gasteiger partial charge in [0, 0.05) is 19.5 Å². The summed E-state index contributed by atoms with van der Waals surface area (Å²) in [5, 5.41) is 1.07. The Balaban J connectivity index is 2.77. The van der Waals surface area contributed by atoms with Crippen molar-refractivity contribution in [2.24, 2.45) is 0 Å². The van der Waals surface area contributed by atoms with Crippen molar-refractivity contribution in [2.75, 3.05) is 13.6 Å². The summed E-state index contributed by atoms with van der Waals surface area (Å²) in [6.45, 7) is 8.22. The second kappa shape index (κ2) is 7.37. The molecule has 0 saturated carbocycles. The van der Waals surface area contributed by atoms with Crippen LogP contribution >= 0.6 is 23.2 Å². The Kier molecular flexibility index (Phi) is 6.36. The van der Waals surface area contributed by atoms with E-state index in [9.17, 15) is 4.79 Å². The number of hydrogen-bond acceptors (Lipinski definition) is 2. The van der Waals surface area contributed by atoms with Gasteiger partial charge in [0.2, 0.25) is 0 Å². The molecule has 0 aliphatic rings. The van der Waals surface area contributed by atoms with E-state index in [2.05, 4.69) is 6.92 Å². The van der Waals surface area contributed by atoms with Gasteiger partial charge in [-0.1, -0.05) is 36.2 Å². The van der Waals surface area contributed by atoms with Gasteiger partial charge in [-0.05, 0) is 44.9 Å². The SMILES string of the molecule is CC[C@H](CN(C)C(=O)OC(C)(C)C)c1ccc(Cl)c(Cl)c1. The maximum atomic E-state index is 12.0. The number of carbonyl (C=O) groups is 1. The summed E-state index contributed by atoms with van der Waals surface area (Å²) >= 11 is 12.0. The highest BCUT2D eigenvalue weighted by Crippen LogP contribution is 2.28. The standard InChI is InChI=1S/C16H23Cl2NO2/c1-6-11(12-7-8-13(17)14(18)9-12)10-19(5)15(20)21-16(2,3)4/h7-9,11H,6,10H2,1-5H3/t11-/m1/s1. The van der Waals surface area contributed by atoms with E-state index in [-0.39, 0.29) is 12.0 Å². The highest BCUT2D eigenvalue weighted by molar-refractivity contribution is 6.42. The summed E-state index contributed by atoms with van der Waals surface area (Å²) in [6, 6.07) is 5.60. The lowest BCUT2D eigenvalue weighted by Crippen LogP contribution is -2.36. The summed E-state index contributed by atoms with van der Waals surface area (Å²) in [4.78, 5) is 13.6. The molecule has 0 aromatic heterocycles. The molecule has 0 fully saturated rings. The molecule has 118 valence electrons. The van der Waals surface area contributed by atoms with Crippen molar-refractivity contribution in [1.29, 1.82) is 0 Å². The lowest BCUT2D eigenvalue weighted by atomic mass is 9.96. The minimum Gasteiger partial charge on any atom is -0.444 e. The lowest BCUT2D eigenvalue weighted by molar-refractivity contribution is 0.0288. The first-order chi connectivity index (χ1) is 9.64. The smallest absolute Gasteiger partial charge is 0.410 e. The highest BCUT2D eigenvalue weighted by atomic mass is 35.5. The number of rotatable bonds is 4. The number of likely N-dealkylation sites (N-methyl/N-ethyl adjacent to an activating group) is 1. The molecule has 1 atom stereocenters. The van der Waals surface area contributed by atoms with Crippen LogP contribution in [0.15, 0.2) is 18.2 Å². The van der Waals surface area contributed by atoms with Gasteiger partial charge in [0.15, 0.2) is 0 Å². The first-order valence-electron chi connectivity index (χ1n) is 7.03. The topological polar surface area (TPSA) is 29.5 Å². The van der Waals surface area contributed by atoms with Crippen LogP contribution in [0.5, 0.6) is 0 Å². The van der Waals surface area contributed by atoms with Crippen LogP contribution in [0.2, 0.25) is 10.0 Å². The molecule has 0 aliphatic heterocycles. The molecule has 0 spiro atoms. The number of ether oxygens (including phenoxy) is 1. The van der Waals surface area contributed by atoms with Gasteiger partial charge in [-0.25, -0.2) is 4.79 Å². The van der Waals surface area contributed by atoms with E-state index in [0.717, 1.165) is 12.0 Å². The molecule has 1 aromatic rings. The zero-order valence-corrected chi connectivity index (χ0v) is 14.8. The predicted molar refractivity (Wildman–Crippen MR) is 88.4 cm³/mol. The summed E-state index contributed by atoms with van der Waals surface area (Å²) < 4.78 is 5.36. The van der Waals surface area contributed by atoms with Crippen molar-refractivity contribution in [1.82, 2.24) is 4.90 Å². The zero-order chi connectivity index (χ0) is 16.2. The van der Waals surface area contributed by atoms with Crippen LogP contribution in [-0.2, 0) is 4.74 Å². The normalized spacial score (nSPS) is 12.9. The molecule has 1 aromatic carbocycles. The molecule has 0 heterocycles. The van der Waals surface area contributed by atoms with Crippen molar-refractivity contribution in [3.8, 4) is 0 Å². The molecule has 0 N–H and O–H groups in total. The minimum atomic E-state index is -0.489. The third-order valence-electron chi connectivity index (χ3n) is 3.11. The van der Waals surface area contributed by atoms with Crippen LogP contribution in [0.25, 0.3) is 0 Å². The Bertz CT molecular complexity index is 498. The molecule has 0 unspecified atom stereocenters. The average molecular weight is 332 g/mol. The van der Waals surface area contributed by atoms with Crippen LogP contribution in [0, 0.1) is 0 Å². The number of amides is 1. The summed E-state index contributed by atoms with van der Waals surface area (Å²) in [6.07, 6.45) is 0.575. The number of hydrogen-bond donors (Lipinski definition) is 0. The molecule has 0 aliphatic carbocycles. The fourth-order valence-corrected chi connectivity index (χ4v) is 2.29. The number of nitrogens with zero attached hydrogens (tertiary/aromatic N) is 1. The maximum Gasteiger partial charge on any atom is 0.410 e. The number of halogens is 2. The monoisotopic (exact) mass is 331 g/mol. The fraction of sp³-hybridized carbons (Fsp3) is 0.562. The van der Waals surface area contributed by atoms with Crippen LogP contribution in [0.3, 0.4) is 0 Å². The Morgan fingerprint density at radius 3 is 2.38 bits per heavy atom. The third kappa shape index (κ3) is 5.76. The molecule has 21 heavy (non-hydrogen) atoms. The van der Waals surface area contributed by atoms with Gasteiger partial charge < -0.3 is 9.64 Å². The second-order valence-electron chi connectivity index (χ2n) is 6.14. The van der Waals surface area contributed by atoms with Gasteiger partial charge in [0.1, 0.15) is 5.60 Å². The zero-order valence-electron chi connectivity index (χ0n) is 13.2. The van der Waals surface area contributed by atoms with Crippen molar-refractivity contribution in [2.45, 2.75) is 45.6 Å². The van der Waals surface area contributed by atoms with Gasteiger partial charge in [-0.15, -0.1) is 0 Å². The van der Waals surface area contributed by atoms with E-state index in [1.807, 2.05) is 32.9 Å². The first kappa shape index (κ1) is 18.1. The Morgan fingerprint density at radius 1 is 1.29 bits per heavy atom. The summed E-state index contributed by atoms with van der Waals surface area (Å²) in [7, 11) is 1.74. The maximum absolute atomic E-state index is 12.0. The molecule has 0 saturated heterocycles. The molecule has 1 amide bonds. The van der Waals surface area contributed by atoms with Gasteiger partial charge in [-0.2, -0.15) is 0 Å². The lowest BCUT2D eigenvalue weighted by Gasteiger charge is -2.27. The molecular weight excluding hydrogens is 309 g/mol. The van der Waals surface area contributed by atoms with E-state index in [0.29, 0.717) is 16.6 Å². The average Bonchev–Trinajstić information content (AvgIpc) is 2.37. The van der Waals surface area contributed by atoms with Crippen molar-refractivity contribution in [3.05, 3.63) is 33.8 Å². The van der Waals surface area contributed by atoms with E-state index in [4.69, 9.17) is 27.9 Å². The van der Waals surface area contributed by atoms with Gasteiger partial charge >= 0.3 is 6.09 Å². The molecule has 0 radical (unpaired) electrons. The van der Waals surface area contributed by atoms with E-state index in [1.165, 1.54) is 0 Å². The fourth-order valence-electron chi connectivity index (χ4n) is 1.98. The molecule has 1 rings (SSSR count). The predicted octanol–water partition coefficient (Wildman–Crippen LogP) is 5.35. The summed E-state index contributed by atoms with van der Waals surface area (Å²) in [5.41, 5.74) is 0.582.